The van der Waals surface area contributed by atoms with E-state index in [9.17, 15) is 9.18 Å². The minimum Gasteiger partial charge on any atom is -0.447 e. The Morgan fingerprint density at radius 1 is 1.13 bits per heavy atom. The van der Waals surface area contributed by atoms with E-state index >= 15 is 0 Å². The third-order valence-corrected chi connectivity index (χ3v) is 1.83. The van der Waals surface area contributed by atoms with Crippen LogP contribution in [-0.2, 0) is 4.74 Å². The minimum absolute atomic E-state index is 0.179. The van der Waals surface area contributed by atoms with Crippen LogP contribution in [0.5, 0.6) is 0 Å². The number of carbonyl (C=O) groups excluding carboxylic acids is 1. The number of carbonyl (C=O) groups is 1. The van der Waals surface area contributed by atoms with Crippen LogP contribution in [0.25, 0.3) is 0 Å². The van der Waals surface area contributed by atoms with Crippen LogP contribution < -0.4 is 0 Å². The summed E-state index contributed by atoms with van der Waals surface area (Å²) in [4.78, 5) is 13.4. The molecule has 0 aliphatic carbocycles. The molecule has 4 heteroatoms. The van der Waals surface area contributed by atoms with Gasteiger partial charge >= 0.3 is 6.09 Å². The van der Waals surface area contributed by atoms with Crippen LogP contribution in [-0.4, -0.2) is 35.4 Å². The van der Waals surface area contributed by atoms with Gasteiger partial charge in [-0.2, -0.15) is 0 Å². The summed E-state index contributed by atoms with van der Waals surface area (Å²) < 4.78 is 16.7. The maximum Gasteiger partial charge on any atom is 0.410 e. The van der Waals surface area contributed by atoms with Crippen molar-refractivity contribution in [2.24, 2.45) is 0 Å². The number of amides is 1. The summed E-state index contributed by atoms with van der Waals surface area (Å²) in [7, 11) is 0. The first kappa shape index (κ1) is 14.2. The summed E-state index contributed by atoms with van der Waals surface area (Å²) in [5.41, 5.74) is -0.683. The van der Waals surface area contributed by atoms with Crippen LogP contribution in [0.2, 0.25) is 0 Å². The summed E-state index contributed by atoms with van der Waals surface area (Å²) in [6, 6.07) is 0. The van der Waals surface area contributed by atoms with E-state index in [-0.39, 0.29) is 17.7 Å². The highest BCUT2D eigenvalue weighted by Gasteiger charge is 2.36. The molecule has 15 heavy (non-hydrogen) atoms. The molecule has 0 aliphatic heterocycles. The summed E-state index contributed by atoms with van der Waals surface area (Å²) in [6.45, 7) is 10.7. The second-order valence-electron chi connectivity index (χ2n) is 5.48. The molecule has 0 fully saturated rings. The van der Waals surface area contributed by atoms with Gasteiger partial charge in [0.15, 0.2) is 0 Å². The Bertz CT molecular complexity index is 202. The highest BCUT2D eigenvalue weighted by molar-refractivity contribution is 5.69. The van der Waals surface area contributed by atoms with Gasteiger partial charge in [0.1, 0.15) is 13.3 Å². The Kier molecular flexibility index (Phi) is 4.56. The van der Waals surface area contributed by atoms with Gasteiger partial charge < -0.3 is 4.74 Å². The van der Waals surface area contributed by atoms with E-state index in [0.29, 0.717) is 0 Å². The Morgan fingerprint density at radius 2 is 1.53 bits per heavy atom. The Hall–Kier alpha value is -0.800. The molecular formula is C11H22FNO2. The van der Waals surface area contributed by atoms with Gasteiger partial charge in [0.2, 0.25) is 0 Å². The minimum atomic E-state index is -0.645. The molecule has 3 nitrogen and oxygen atoms in total. The maximum absolute atomic E-state index is 11.9. The van der Waals surface area contributed by atoms with Crippen molar-refractivity contribution in [1.29, 1.82) is 0 Å². The summed E-state index contributed by atoms with van der Waals surface area (Å²) in [6.07, 6.45) is -0.465. The quantitative estimate of drug-likeness (QED) is 0.714. The predicted molar refractivity (Wildman–Crippen MR) is 58.7 cm³/mol. The molecule has 0 spiro atoms. The van der Waals surface area contributed by atoms with Crippen LogP contribution in [0.4, 0.5) is 9.18 Å². The monoisotopic (exact) mass is 219 g/mol. The molecule has 0 aromatic carbocycles. The predicted octanol–water partition coefficient (Wildman–Crippen LogP) is 2.99. The van der Waals surface area contributed by atoms with Gasteiger partial charge in [0.05, 0.1) is 0 Å². The first-order valence-corrected chi connectivity index (χ1v) is 5.14. The van der Waals surface area contributed by atoms with Gasteiger partial charge in [-0.15, -0.1) is 0 Å². The first-order chi connectivity index (χ1) is 6.60. The number of alkyl halides is 1. The van der Waals surface area contributed by atoms with Crippen molar-refractivity contribution in [2.45, 2.75) is 52.6 Å². The fourth-order valence-corrected chi connectivity index (χ4v) is 1.74. The van der Waals surface area contributed by atoms with Crippen LogP contribution in [0.15, 0.2) is 0 Å². The SMILES string of the molecule is CC(C)(C)N(C(=O)OCCF)C(C)(C)C. The van der Waals surface area contributed by atoms with Crippen LogP contribution >= 0.6 is 0 Å². The second kappa shape index (κ2) is 4.81. The smallest absolute Gasteiger partial charge is 0.410 e. The number of rotatable bonds is 2. The molecule has 0 saturated heterocycles. The van der Waals surface area contributed by atoms with Crippen molar-refractivity contribution >= 4 is 6.09 Å². The largest absolute Gasteiger partial charge is 0.447 e. The number of nitrogens with zero attached hydrogens (tertiary/aromatic N) is 1. The molecule has 0 heterocycles. The van der Waals surface area contributed by atoms with Crippen molar-refractivity contribution < 1.29 is 13.9 Å². The molecule has 0 atom stereocenters. The lowest BCUT2D eigenvalue weighted by atomic mass is 9.97. The summed E-state index contributed by atoms with van der Waals surface area (Å²) >= 11 is 0. The second-order valence-corrected chi connectivity index (χ2v) is 5.48. The van der Waals surface area contributed by atoms with E-state index in [1.807, 2.05) is 41.5 Å². The fourth-order valence-electron chi connectivity index (χ4n) is 1.74. The van der Waals surface area contributed by atoms with Crippen molar-refractivity contribution in [2.75, 3.05) is 13.3 Å². The average molecular weight is 219 g/mol. The molecule has 0 aliphatic rings. The number of halogens is 1. The van der Waals surface area contributed by atoms with Crippen LogP contribution in [0.1, 0.15) is 41.5 Å². The zero-order valence-corrected chi connectivity index (χ0v) is 10.6. The number of hydrogen-bond donors (Lipinski definition) is 0. The fraction of sp³-hybridized carbons (Fsp3) is 0.909. The zero-order valence-electron chi connectivity index (χ0n) is 10.6. The highest BCUT2D eigenvalue weighted by atomic mass is 19.1. The van der Waals surface area contributed by atoms with Crippen LogP contribution in [0, 0.1) is 0 Å². The Labute approximate surface area is 91.6 Å². The maximum atomic E-state index is 11.9. The van der Waals surface area contributed by atoms with Gasteiger partial charge in [-0.1, -0.05) is 0 Å². The Balaban J connectivity index is 4.74. The van der Waals surface area contributed by atoms with Crippen molar-refractivity contribution in [1.82, 2.24) is 4.90 Å². The zero-order chi connectivity index (χ0) is 12.3. The lowest BCUT2D eigenvalue weighted by Gasteiger charge is -2.44. The molecule has 0 bridgehead atoms. The van der Waals surface area contributed by atoms with E-state index in [4.69, 9.17) is 4.74 Å². The number of ether oxygens (including phenoxy) is 1. The van der Waals surface area contributed by atoms with E-state index in [0.717, 1.165) is 0 Å². The van der Waals surface area contributed by atoms with Crippen LogP contribution in [0.3, 0.4) is 0 Å². The van der Waals surface area contributed by atoms with Gasteiger partial charge in [-0.25, -0.2) is 9.18 Å². The lowest BCUT2D eigenvalue weighted by Crippen LogP contribution is -2.55. The molecule has 0 N–H and O–H groups in total. The van der Waals surface area contributed by atoms with Crippen molar-refractivity contribution in [3.63, 3.8) is 0 Å². The molecule has 90 valence electrons. The van der Waals surface area contributed by atoms with Gasteiger partial charge in [0, 0.05) is 11.1 Å². The van der Waals surface area contributed by atoms with Crippen molar-refractivity contribution in [3.05, 3.63) is 0 Å². The molecule has 0 radical (unpaired) electrons. The lowest BCUT2D eigenvalue weighted by molar-refractivity contribution is 0.0184. The topological polar surface area (TPSA) is 29.5 Å². The molecule has 0 saturated carbocycles. The van der Waals surface area contributed by atoms with E-state index in [2.05, 4.69) is 0 Å². The van der Waals surface area contributed by atoms with E-state index in [1.165, 1.54) is 0 Å². The van der Waals surface area contributed by atoms with Gasteiger partial charge in [0.25, 0.3) is 0 Å². The summed E-state index contributed by atoms with van der Waals surface area (Å²) in [5.74, 6) is 0. The standard InChI is InChI=1S/C11H22FNO2/c1-10(2,3)13(11(4,5)6)9(14)15-8-7-12/h7-8H2,1-6H3. The molecule has 1 amide bonds. The molecule has 0 rings (SSSR count). The summed E-state index contributed by atoms with van der Waals surface area (Å²) in [5, 5.41) is 0. The number of hydrogen-bond acceptors (Lipinski definition) is 2. The third kappa shape index (κ3) is 4.49. The molecule has 0 unspecified atom stereocenters. The van der Waals surface area contributed by atoms with Gasteiger partial charge in [-0.3, -0.25) is 4.90 Å². The van der Waals surface area contributed by atoms with E-state index in [1.54, 1.807) is 4.90 Å². The average Bonchev–Trinajstić information content (AvgIpc) is 1.94. The highest BCUT2D eigenvalue weighted by Crippen LogP contribution is 2.25. The molecule has 0 aromatic rings. The van der Waals surface area contributed by atoms with E-state index < -0.39 is 12.8 Å². The third-order valence-electron chi connectivity index (χ3n) is 1.83. The molecular weight excluding hydrogens is 197 g/mol. The Morgan fingerprint density at radius 3 is 1.80 bits per heavy atom. The first-order valence-electron chi connectivity index (χ1n) is 5.14. The van der Waals surface area contributed by atoms with Crippen molar-refractivity contribution in [3.8, 4) is 0 Å². The normalized spacial score (nSPS) is 12.5. The van der Waals surface area contributed by atoms with Gasteiger partial charge in [-0.05, 0) is 41.5 Å². The molecule has 0 aromatic heterocycles.